The summed E-state index contributed by atoms with van der Waals surface area (Å²) in [4.78, 5) is 12.2. The lowest BCUT2D eigenvalue weighted by Gasteiger charge is -2.14. The Bertz CT molecular complexity index is 880. The Hall–Kier alpha value is -2.25. The number of nitrogens with one attached hydrogen (secondary N) is 2. The number of hydrogen-bond donors (Lipinski definition) is 2. The maximum absolute atomic E-state index is 13.5. The molecule has 1 amide bonds. The van der Waals surface area contributed by atoms with Crippen molar-refractivity contribution >= 4 is 21.4 Å². The van der Waals surface area contributed by atoms with Gasteiger partial charge in [0.15, 0.2) is 9.84 Å². The van der Waals surface area contributed by atoms with Crippen LogP contribution in [0.1, 0.15) is 30.5 Å². The molecular formula is C19H23FN2O3S. The monoisotopic (exact) mass is 378 g/mol. The van der Waals surface area contributed by atoms with Crippen molar-refractivity contribution in [2.24, 2.45) is 0 Å². The van der Waals surface area contributed by atoms with Gasteiger partial charge >= 0.3 is 0 Å². The summed E-state index contributed by atoms with van der Waals surface area (Å²) in [5, 5.41) is 5.87. The maximum Gasteiger partial charge on any atom is 0.225 e. The van der Waals surface area contributed by atoms with Gasteiger partial charge in [-0.1, -0.05) is 18.2 Å². The second-order valence-electron chi connectivity index (χ2n) is 6.28. The van der Waals surface area contributed by atoms with Gasteiger partial charge in [0.05, 0.1) is 4.90 Å². The largest absolute Gasteiger partial charge is 0.326 e. The molecule has 2 aromatic rings. The van der Waals surface area contributed by atoms with Crippen molar-refractivity contribution in [1.82, 2.24) is 5.32 Å². The molecule has 0 radical (unpaired) electrons. The molecule has 7 heteroatoms. The zero-order valence-electron chi connectivity index (χ0n) is 15.0. The molecule has 0 saturated carbocycles. The van der Waals surface area contributed by atoms with Crippen LogP contribution < -0.4 is 10.6 Å². The standard InChI is InChI=1S/C19H23FN2O3S/c1-13-4-7-16(12-18(13)20)22-19(23)10-11-21-14(2)15-5-8-17(9-6-15)26(3,24)25/h4-9,12,14,21H,10-11H2,1-3H3,(H,22,23)/t14-/m1/s1. The van der Waals surface area contributed by atoms with E-state index in [2.05, 4.69) is 10.6 Å². The third-order valence-electron chi connectivity index (χ3n) is 4.07. The quantitative estimate of drug-likeness (QED) is 0.776. The van der Waals surface area contributed by atoms with E-state index in [1.807, 2.05) is 6.92 Å². The second kappa shape index (κ2) is 8.42. The highest BCUT2D eigenvalue weighted by molar-refractivity contribution is 7.90. The molecular weight excluding hydrogens is 355 g/mol. The molecule has 2 rings (SSSR count). The van der Waals surface area contributed by atoms with Crippen molar-refractivity contribution in [3.05, 3.63) is 59.4 Å². The number of halogens is 1. The second-order valence-corrected chi connectivity index (χ2v) is 8.29. The minimum Gasteiger partial charge on any atom is -0.326 e. The predicted molar refractivity (Wildman–Crippen MR) is 100 cm³/mol. The molecule has 0 heterocycles. The van der Waals surface area contributed by atoms with Crippen LogP contribution in [0.15, 0.2) is 47.4 Å². The molecule has 0 fully saturated rings. The van der Waals surface area contributed by atoms with Crippen molar-refractivity contribution in [2.75, 3.05) is 18.1 Å². The zero-order valence-corrected chi connectivity index (χ0v) is 15.9. The van der Waals surface area contributed by atoms with Crippen LogP contribution in [0.25, 0.3) is 0 Å². The number of aryl methyl sites for hydroxylation is 1. The number of rotatable bonds is 7. The van der Waals surface area contributed by atoms with Gasteiger partial charge in [-0.05, 0) is 49.2 Å². The summed E-state index contributed by atoms with van der Waals surface area (Å²) >= 11 is 0. The summed E-state index contributed by atoms with van der Waals surface area (Å²) in [5.74, 6) is -0.563. The normalized spacial score (nSPS) is 12.6. The van der Waals surface area contributed by atoms with Gasteiger partial charge in [0.2, 0.25) is 5.91 Å². The number of sulfone groups is 1. The first kappa shape index (κ1) is 20.1. The van der Waals surface area contributed by atoms with Gasteiger partial charge in [0, 0.05) is 31.0 Å². The Morgan fingerprint density at radius 3 is 2.38 bits per heavy atom. The average Bonchev–Trinajstić information content (AvgIpc) is 2.57. The average molecular weight is 378 g/mol. The summed E-state index contributed by atoms with van der Waals surface area (Å²) in [6.45, 7) is 4.03. The topological polar surface area (TPSA) is 75.3 Å². The van der Waals surface area contributed by atoms with Crippen molar-refractivity contribution in [2.45, 2.75) is 31.2 Å². The Morgan fingerprint density at radius 2 is 1.81 bits per heavy atom. The van der Waals surface area contributed by atoms with Gasteiger partial charge < -0.3 is 10.6 Å². The molecule has 0 spiro atoms. The molecule has 0 aromatic heterocycles. The smallest absolute Gasteiger partial charge is 0.225 e. The highest BCUT2D eigenvalue weighted by Crippen LogP contribution is 2.16. The van der Waals surface area contributed by atoms with E-state index >= 15 is 0 Å². The molecule has 0 aliphatic carbocycles. The number of carbonyl (C=O) groups is 1. The van der Waals surface area contributed by atoms with E-state index in [-0.39, 0.29) is 29.1 Å². The van der Waals surface area contributed by atoms with Crippen LogP contribution in [-0.4, -0.2) is 27.1 Å². The van der Waals surface area contributed by atoms with E-state index in [0.29, 0.717) is 17.8 Å². The Kier molecular flexibility index (Phi) is 6.50. The minimum atomic E-state index is -3.21. The van der Waals surface area contributed by atoms with Crippen LogP contribution in [0.2, 0.25) is 0 Å². The summed E-state index contributed by atoms with van der Waals surface area (Å²) in [5.41, 5.74) is 1.89. The van der Waals surface area contributed by atoms with Gasteiger partial charge in [-0.3, -0.25) is 4.79 Å². The van der Waals surface area contributed by atoms with E-state index in [1.54, 1.807) is 43.3 Å². The molecule has 0 unspecified atom stereocenters. The lowest BCUT2D eigenvalue weighted by Crippen LogP contribution is -2.24. The van der Waals surface area contributed by atoms with Crippen LogP contribution in [0.4, 0.5) is 10.1 Å². The summed E-state index contributed by atoms with van der Waals surface area (Å²) < 4.78 is 36.4. The van der Waals surface area contributed by atoms with Gasteiger partial charge in [-0.15, -0.1) is 0 Å². The van der Waals surface area contributed by atoms with Crippen LogP contribution in [-0.2, 0) is 14.6 Å². The SMILES string of the molecule is Cc1ccc(NC(=O)CCN[C@H](C)c2ccc(S(C)(=O)=O)cc2)cc1F. The lowest BCUT2D eigenvalue weighted by atomic mass is 10.1. The number of hydrogen-bond acceptors (Lipinski definition) is 4. The van der Waals surface area contributed by atoms with Gasteiger partial charge in [0.1, 0.15) is 5.82 Å². The van der Waals surface area contributed by atoms with Crippen LogP contribution in [0, 0.1) is 12.7 Å². The van der Waals surface area contributed by atoms with Gasteiger partial charge in [0.25, 0.3) is 0 Å². The first-order valence-electron chi connectivity index (χ1n) is 8.26. The first-order chi connectivity index (χ1) is 12.2. The molecule has 2 aromatic carbocycles. The first-order valence-corrected chi connectivity index (χ1v) is 10.2. The molecule has 0 saturated heterocycles. The van der Waals surface area contributed by atoms with Gasteiger partial charge in [-0.2, -0.15) is 0 Å². The molecule has 5 nitrogen and oxygen atoms in total. The fourth-order valence-electron chi connectivity index (χ4n) is 2.42. The number of amides is 1. The molecule has 2 N–H and O–H groups in total. The maximum atomic E-state index is 13.5. The third-order valence-corrected chi connectivity index (χ3v) is 5.19. The van der Waals surface area contributed by atoms with Gasteiger partial charge in [-0.25, -0.2) is 12.8 Å². The summed E-state index contributed by atoms with van der Waals surface area (Å²) in [6.07, 6.45) is 1.41. The molecule has 26 heavy (non-hydrogen) atoms. The summed E-state index contributed by atoms with van der Waals surface area (Å²) in [6, 6.07) is 11.2. The molecule has 1 atom stereocenters. The van der Waals surface area contributed by atoms with Crippen LogP contribution in [0.5, 0.6) is 0 Å². The Balaban J connectivity index is 1.82. The van der Waals surface area contributed by atoms with E-state index in [0.717, 1.165) is 5.56 Å². The zero-order chi connectivity index (χ0) is 19.3. The fraction of sp³-hybridized carbons (Fsp3) is 0.316. The molecule has 0 bridgehead atoms. The van der Waals surface area contributed by atoms with E-state index < -0.39 is 9.84 Å². The number of anilines is 1. The summed E-state index contributed by atoms with van der Waals surface area (Å²) in [7, 11) is -3.21. The van der Waals surface area contributed by atoms with Crippen LogP contribution in [0.3, 0.4) is 0 Å². The predicted octanol–water partition coefficient (Wildman–Crippen LogP) is 3.22. The fourth-order valence-corrected chi connectivity index (χ4v) is 3.05. The van der Waals surface area contributed by atoms with E-state index in [1.165, 1.54) is 12.3 Å². The highest BCUT2D eigenvalue weighted by Gasteiger charge is 2.10. The highest BCUT2D eigenvalue weighted by atomic mass is 32.2. The van der Waals surface area contributed by atoms with E-state index in [4.69, 9.17) is 0 Å². The molecule has 140 valence electrons. The third kappa shape index (κ3) is 5.64. The van der Waals surface area contributed by atoms with E-state index in [9.17, 15) is 17.6 Å². The number of carbonyl (C=O) groups excluding carboxylic acids is 1. The van der Waals surface area contributed by atoms with Crippen molar-refractivity contribution in [3.8, 4) is 0 Å². The van der Waals surface area contributed by atoms with Crippen molar-refractivity contribution in [3.63, 3.8) is 0 Å². The number of benzene rings is 2. The minimum absolute atomic E-state index is 0.0340. The van der Waals surface area contributed by atoms with Crippen LogP contribution >= 0.6 is 0 Å². The molecule has 0 aliphatic rings. The molecule has 0 aliphatic heterocycles. The Morgan fingerprint density at radius 1 is 1.15 bits per heavy atom. The lowest BCUT2D eigenvalue weighted by molar-refractivity contribution is -0.116. The van der Waals surface area contributed by atoms with Crippen molar-refractivity contribution < 1.29 is 17.6 Å². The Labute approximate surface area is 153 Å². The van der Waals surface area contributed by atoms with Crippen molar-refractivity contribution in [1.29, 1.82) is 0 Å².